The third-order valence-corrected chi connectivity index (χ3v) is 3.50. The Morgan fingerprint density at radius 3 is 2.68 bits per heavy atom. The standard InChI is InChI=1S/C15H18F2N4O/c1-9-12(10(2)21(3)20-9)6-7-18-15(22)19-14-8-11(16)4-5-13(14)17/h4-5,8H,6-7H2,1-3H3,(H2,18,19,22). The highest BCUT2D eigenvalue weighted by atomic mass is 19.1. The van der Waals surface area contributed by atoms with E-state index in [1.54, 1.807) is 4.68 Å². The van der Waals surface area contributed by atoms with Crippen LogP contribution >= 0.6 is 0 Å². The Kier molecular flexibility index (Phi) is 4.75. The third kappa shape index (κ3) is 3.60. The molecule has 0 aliphatic carbocycles. The zero-order valence-corrected chi connectivity index (χ0v) is 12.7. The predicted molar refractivity (Wildman–Crippen MR) is 79.8 cm³/mol. The summed E-state index contributed by atoms with van der Waals surface area (Å²) in [6, 6.07) is 2.31. The summed E-state index contributed by atoms with van der Waals surface area (Å²) in [5, 5.41) is 9.19. The van der Waals surface area contributed by atoms with Gasteiger partial charge in [-0.15, -0.1) is 0 Å². The Balaban J connectivity index is 1.89. The number of aromatic nitrogens is 2. The van der Waals surface area contributed by atoms with Gasteiger partial charge >= 0.3 is 6.03 Å². The Morgan fingerprint density at radius 2 is 2.05 bits per heavy atom. The van der Waals surface area contributed by atoms with Crippen LogP contribution in [0.3, 0.4) is 0 Å². The van der Waals surface area contributed by atoms with Crippen molar-refractivity contribution in [2.75, 3.05) is 11.9 Å². The number of benzene rings is 1. The average Bonchev–Trinajstić information content (AvgIpc) is 2.69. The van der Waals surface area contributed by atoms with Gasteiger partial charge in [0.05, 0.1) is 11.4 Å². The smallest absolute Gasteiger partial charge is 0.319 e. The van der Waals surface area contributed by atoms with E-state index in [9.17, 15) is 13.6 Å². The van der Waals surface area contributed by atoms with Gasteiger partial charge in [-0.25, -0.2) is 13.6 Å². The number of nitrogens with one attached hydrogen (secondary N) is 2. The molecule has 0 aliphatic heterocycles. The molecule has 1 aromatic heterocycles. The van der Waals surface area contributed by atoms with Gasteiger partial charge in [0.25, 0.3) is 0 Å². The van der Waals surface area contributed by atoms with Crippen molar-refractivity contribution in [2.45, 2.75) is 20.3 Å². The van der Waals surface area contributed by atoms with Crippen LogP contribution < -0.4 is 10.6 Å². The summed E-state index contributed by atoms with van der Waals surface area (Å²) in [5.74, 6) is -1.30. The number of rotatable bonds is 4. The van der Waals surface area contributed by atoms with Gasteiger partial charge in [-0.3, -0.25) is 4.68 Å². The quantitative estimate of drug-likeness (QED) is 0.912. The van der Waals surface area contributed by atoms with Crippen LogP contribution in [0, 0.1) is 25.5 Å². The maximum atomic E-state index is 13.4. The molecule has 0 fully saturated rings. The van der Waals surface area contributed by atoms with Crippen molar-refractivity contribution < 1.29 is 13.6 Å². The van der Waals surface area contributed by atoms with Crippen molar-refractivity contribution in [1.82, 2.24) is 15.1 Å². The van der Waals surface area contributed by atoms with E-state index < -0.39 is 17.7 Å². The Labute approximate surface area is 127 Å². The minimum absolute atomic E-state index is 0.189. The predicted octanol–water partition coefficient (Wildman–Crippen LogP) is 2.68. The molecule has 7 heteroatoms. The molecule has 2 N–H and O–H groups in total. The van der Waals surface area contributed by atoms with Crippen molar-refractivity contribution in [3.63, 3.8) is 0 Å². The molecule has 0 spiro atoms. The SMILES string of the molecule is Cc1nn(C)c(C)c1CCNC(=O)Nc1cc(F)ccc1F. The van der Waals surface area contributed by atoms with Crippen molar-refractivity contribution in [3.05, 3.63) is 46.8 Å². The minimum Gasteiger partial charge on any atom is -0.338 e. The molecule has 118 valence electrons. The van der Waals surface area contributed by atoms with Crippen LogP contribution in [0.2, 0.25) is 0 Å². The topological polar surface area (TPSA) is 59.0 Å². The molecule has 0 bridgehead atoms. The maximum absolute atomic E-state index is 13.4. The number of nitrogens with zero attached hydrogens (tertiary/aromatic N) is 2. The second kappa shape index (κ2) is 6.55. The van der Waals surface area contributed by atoms with E-state index in [0.29, 0.717) is 13.0 Å². The third-order valence-electron chi connectivity index (χ3n) is 3.50. The van der Waals surface area contributed by atoms with Crippen molar-refractivity contribution in [1.29, 1.82) is 0 Å². The number of urea groups is 1. The summed E-state index contributed by atoms with van der Waals surface area (Å²) in [7, 11) is 1.86. The summed E-state index contributed by atoms with van der Waals surface area (Å²) in [4.78, 5) is 11.7. The fourth-order valence-corrected chi connectivity index (χ4v) is 2.24. The first-order valence-electron chi connectivity index (χ1n) is 6.87. The first-order valence-corrected chi connectivity index (χ1v) is 6.87. The highest BCUT2D eigenvalue weighted by molar-refractivity contribution is 5.89. The molecule has 0 saturated carbocycles. The summed E-state index contributed by atoms with van der Waals surface area (Å²) in [6.07, 6.45) is 0.616. The largest absolute Gasteiger partial charge is 0.338 e. The Bertz CT molecular complexity index is 697. The zero-order valence-electron chi connectivity index (χ0n) is 12.7. The van der Waals surface area contributed by atoms with Crippen molar-refractivity contribution in [2.24, 2.45) is 7.05 Å². The van der Waals surface area contributed by atoms with Gasteiger partial charge in [0.2, 0.25) is 0 Å². The van der Waals surface area contributed by atoms with Gasteiger partial charge in [-0.2, -0.15) is 5.10 Å². The minimum atomic E-state index is -0.685. The molecule has 5 nitrogen and oxygen atoms in total. The van der Waals surface area contributed by atoms with Gasteiger partial charge in [0.15, 0.2) is 0 Å². The fraction of sp³-hybridized carbons (Fsp3) is 0.333. The summed E-state index contributed by atoms with van der Waals surface area (Å²) in [6.45, 7) is 4.23. The molecule has 2 rings (SSSR count). The monoisotopic (exact) mass is 308 g/mol. The molecule has 0 atom stereocenters. The molecule has 2 aromatic rings. The number of carbonyl (C=O) groups excluding carboxylic acids is 1. The van der Waals surface area contributed by atoms with Crippen LogP contribution in [-0.4, -0.2) is 22.4 Å². The number of hydrogen-bond donors (Lipinski definition) is 2. The molecular formula is C15H18F2N4O. The zero-order chi connectivity index (χ0) is 16.3. The number of amides is 2. The number of carbonyl (C=O) groups is 1. The Morgan fingerprint density at radius 1 is 1.32 bits per heavy atom. The van der Waals surface area contributed by atoms with Crippen LogP contribution in [0.1, 0.15) is 17.0 Å². The van der Waals surface area contributed by atoms with Crippen molar-refractivity contribution in [3.8, 4) is 0 Å². The first-order chi connectivity index (χ1) is 10.4. The van der Waals surface area contributed by atoms with Crippen LogP contribution in [0.25, 0.3) is 0 Å². The van der Waals surface area contributed by atoms with Gasteiger partial charge in [-0.1, -0.05) is 0 Å². The van der Waals surface area contributed by atoms with Gasteiger partial charge < -0.3 is 10.6 Å². The molecule has 0 radical (unpaired) electrons. The van der Waals surface area contributed by atoms with E-state index in [2.05, 4.69) is 15.7 Å². The fourth-order valence-electron chi connectivity index (χ4n) is 2.24. The first kappa shape index (κ1) is 15.9. The Hall–Kier alpha value is -2.44. The van der Waals surface area contributed by atoms with E-state index in [1.807, 2.05) is 20.9 Å². The average molecular weight is 308 g/mol. The number of anilines is 1. The molecular weight excluding hydrogens is 290 g/mol. The normalized spacial score (nSPS) is 10.6. The highest BCUT2D eigenvalue weighted by Crippen LogP contribution is 2.15. The molecule has 1 heterocycles. The summed E-state index contributed by atoms with van der Waals surface area (Å²) < 4.78 is 28.2. The van der Waals surface area contributed by atoms with Crippen LogP contribution in [0.15, 0.2) is 18.2 Å². The molecule has 1 aromatic carbocycles. The van der Waals surface area contributed by atoms with Crippen LogP contribution in [0.4, 0.5) is 19.3 Å². The molecule has 0 unspecified atom stereocenters. The lowest BCUT2D eigenvalue weighted by Crippen LogP contribution is -2.31. The van der Waals surface area contributed by atoms with E-state index in [-0.39, 0.29) is 5.69 Å². The van der Waals surface area contributed by atoms with E-state index in [1.165, 1.54) is 0 Å². The van der Waals surface area contributed by atoms with Crippen LogP contribution in [-0.2, 0) is 13.5 Å². The second-order valence-corrected chi connectivity index (χ2v) is 5.03. The van der Waals surface area contributed by atoms with Crippen molar-refractivity contribution >= 4 is 11.7 Å². The molecule has 2 amide bonds. The maximum Gasteiger partial charge on any atom is 0.319 e. The number of hydrogen-bond acceptors (Lipinski definition) is 2. The van der Waals surface area contributed by atoms with E-state index >= 15 is 0 Å². The van der Waals surface area contributed by atoms with Gasteiger partial charge in [-0.05, 0) is 38.0 Å². The lowest BCUT2D eigenvalue weighted by molar-refractivity contribution is 0.252. The lowest BCUT2D eigenvalue weighted by atomic mass is 10.1. The van der Waals surface area contributed by atoms with Gasteiger partial charge in [0.1, 0.15) is 11.6 Å². The van der Waals surface area contributed by atoms with E-state index in [0.717, 1.165) is 35.2 Å². The second-order valence-electron chi connectivity index (χ2n) is 5.03. The lowest BCUT2D eigenvalue weighted by Gasteiger charge is -2.09. The summed E-state index contributed by atoms with van der Waals surface area (Å²) in [5.41, 5.74) is 2.83. The highest BCUT2D eigenvalue weighted by Gasteiger charge is 2.11. The number of halogens is 2. The number of aryl methyl sites for hydroxylation is 2. The summed E-state index contributed by atoms with van der Waals surface area (Å²) >= 11 is 0. The molecule has 0 aliphatic rings. The molecule has 0 saturated heterocycles. The van der Waals surface area contributed by atoms with E-state index in [4.69, 9.17) is 0 Å². The van der Waals surface area contributed by atoms with Crippen LogP contribution in [0.5, 0.6) is 0 Å². The van der Waals surface area contributed by atoms with Gasteiger partial charge in [0, 0.05) is 25.4 Å². The molecule has 22 heavy (non-hydrogen) atoms.